The molecule has 0 saturated carbocycles. The summed E-state index contributed by atoms with van der Waals surface area (Å²) in [7, 11) is 0. The molecule has 48 valence electrons. The first kappa shape index (κ1) is 4.85. The van der Waals surface area contributed by atoms with Crippen molar-refractivity contribution >= 4 is 0 Å². The fraction of sp³-hybridized carbons (Fsp3) is 0.500. The molecule has 0 bridgehead atoms. The number of aromatic nitrogens is 2. The van der Waals surface area contributed by atoms with Crippen molar-refractivity contribution in [3.63, 3.8) is 0 Å². The molecule has 1 aliphatic heterocycles. The number of hydrogen-bond donors (Lipinski definition) is 0. The van der Waals surface area contributed by atoms with Gasteiger partial charge in [-0.3, -0.25) is 0 Å². The molecule has 3 heteroatoms. The van der Waals surface area contributed by atoms with Crippen molar-refractivity contribution in [2.24, 2.45) is 0 Å². The molecular formula is C6H8N2O. The van der Waals surface area contributed by atoms with E-state index in [2.05, 4.69) is 5.10 Å². The predicted octanol–water partition coefficient (Wildman–Crippen LogP) is 0.258. The Morgan fingerprint density at radius 3 is 3.56 bits per heavy atom. The zero-order valence-corrected chi connectivity index (χ0v) is 5.08. The zero-order valence-electron chi connectivity index (χ0n) is 5.08. The number of fused-ring (bicyclic) bond motifs is 1. The molecule has 3 nitrogen and oxygen atoms in total. The first-order valence-corrected chi connectivity index (χ1v) is 3.13. The summed E-state index contributed by atoms with van der Waals surface area (Å²) < 4.78 is 0. The van der Waals surface area contributed by atoms with Gasteiger partial charge in [0.2, 0.25) is 0 Å². The second-order valence-corrected chi connectivity index (χ2v) is 2.13. The molecule has 0 radical (unpaired) electrons. The Balaban J connectivity index is 2.39. The van der Waals surface area contributed by atoms with Crippen LogP contribution >= 0.6 is 0 Å². The molecule has 0 aromatic carbocycles. The third-order valence-corrected chi connectivity index (χ3v) is 1.47. The summed E-state index contributed by atoms with van der Waals surface area (Å²) in [6.07, 6.45) is 3.98. The van der Waals surface area contributed by atoms with Crippen LogP contribution in [0.1, 0.15) is 12.1 Å². The minimum Gasteiger partial charge on any atom is -0.396 e. The maximum Gasteiger partial charge on any atom is 0.117 e. The summed E-state index contributed by atoms with van der Waals surface area (Å²) in [4.78, 5) is 6.77. The standard InChI is InChI=1S/C6H8N2O/c1-2-6-3-4-7-8(6)9-5-1/h3-4H,1-2,5H2. The van der Waals surface area contributed by atoms with Gasteiger partial charge in [0.05, 0.1) is 11.9 Å². The lowest BCUT2D eigenvalue weighted by molar-refractivity contribution is 0.0557. The Morgan fingerprint density at radius 1 is 1.67 bits per heavy atom. The molecule has 0 amide bonds. The van der Waals surface area contributed by atoms with Gasteiger partial charge in [0, 0.05) is 0 Å². The van der Waals surface area contributed by atoms with Crippen molar-refractivity contribution in [1.82, 2.24) is 9.94 Å². The Hall–Kier alpha value is -0.990. The summed E-state index contributed by atoms with van der Waals surface area (Å²) in [5.74, 6) is 0. The number of hydrogen-bond acceptors (Lipinski definition) is 2. The highest BCUT2D eigenvalue weighted by atomic mass is 16.7. The lowest BCUT2D eigenvalue weighted by atomic mass is 10.2. The molecular weight excluding hydrogens is 116 g/mol. The normalized spacial score (nSPS) is 16.4. The second-order valence-electron chi connectivity index (χ2n) is 2.13. The molecule has 0 spiro atoms. The van der Waals surface area contributed by atoms with Crippen molar-refractivity contribution in [3.8, 4) is 0 Å². The zero-order chi connectivity index (χ0) is 6.10. The van der Waals surface area contributed by atoms with Crippen molar-refractivity contribution < 1.29 is 4.84 Å². The van der Waals surface area contributed by atoms with Gasteiger partial charge in [0.15, 0.2) is 0 Å². The number of nitrogens with zero attached hydrogens (tertiary/aromatic N) is 2. The molecule has 1 aromatic heterocycles. The van der Waals surface area contributed by atoms with Gasteiger partial charge in [-0.05, 0) is 18.9 Å². The largest absolute Gasteiger partial charge is 0.396 e. The average Bonchev–Trinajstić information content (AvgIpc) is 2.33. The van der Waals surface area contributed by atoms with Crippen LogP contribution in [0.25, 0.3) is 0 Å². The van der Waals surface area contributed by atoms with E-state index in [1.807, 2.05) is 6.07 Å². The molecule has 0 fully saturated rings. The van der Waals surface area contributed by atoms with Crippen LogP contribution in [0.15, 0.2) is 12.3 Å². The van der Waals surface area contributed by atoms with E-state index in [1.165, 1.54) is 5.69 Å². The van der Waals surface area contributed by atoms with Gasteiger partial charge in [-0.15, -0.1) is 9.94 Å². The third-order valence-electron chi connectivity index (χ3n) is 1.47. The molecule has 0 atom stereocenters. The van der Waals surface area contributed by atoms with Crippen molar-refractivity contribution in [2.45, 2.75) is 12.8 Å². The summed E-state index contributed by atoms with van der Waals surface area (Å²) in [5.41, 5.74) is 1.18. The van der Waals surface area contributed by atoms with Gasteiger partial charge in [0.1, 0.15) is 6.61 Å². The van der Waals surface area contributed by atoms with E-state index in [-0.39, 0.29) is 0 Å². The van der Waals surface area contributed by atoms with Gasteiger partial charge >= 0.3 is 0 Å². The predicted molar refractivity (Wildman–Crippen MR) is 32.0 cm³/mol. The molecule has 0 unspecified atom stereocenters. The Labute approximate surface area is 53.2 Å². The van der Waals surface area contributed by atoms with Gasteiger partial charge in [0.25, 0.3) is 0 Å². The highest BCUT2D eigenvalue weighted by Gasteiger charge is 2.07. The van der Waals surface area contributed by atoms with Crippen LogP contribution in [0.2, 0.25) is 0 Å². The summed E-state index contributed by atoms with van der Waals surface area (Å²) in [6.45, 7) is 0.800. The number of rotatable bonds is 0. The first-order valence-electron chi connectivity index (χ1n) is 3.13. The van der Waals surface area contributed by atoms with Crippen LogP contribution in [0, 0.1) is 0 Å². The van der Waals surface area contributed by atoms with Crippen LogP contribution in [0.4, 0.5) is 0 Å². The monoisotopic (exact) mass is 124 g/mol. The maximum atomic E-state index is 5.17. The third kappa shape index (κ3) is 0.686. The molecule has 1 aliphatic rings. The molecule has 1 aromatic rings. The molecule has 2 rings (SSSR count). The van der Waals surface area contributed by atoms with E-state index in [0.717, 1.165) is 19.4 Å². The van der Waals surface area contributed by atoms with E-state index in [4.69, 9.17) is 4.84 Å². The molecule has 0 N–H and O–H groups in total. The smallest absolute Gasteiger partial charge is 0.117 e. The van der Waals surface area contributed by atoms with Gasteiger partial charge in [-0.2, -0.15) is 0 Å². The van der Waals surface area contributed by atoms with E-state index in [1.54, 1.807) is 11.0 Å². The quantitative estimate of drug-likeness (QED) is 0.496. The van der Waals surface area contributed by atoms with Crippen LogP contribution in [-0.2, 0) is 6.42 Å². The fourth-order valence-corrected chi connectivity index (χ4v) is 1.02. The van der Waals surface area contributed by atoms with Gasteiger partial charge < -0.3 is 4.84 Å². The molecule has 2 heterocycles. The summed E-state index contributed by atoms with van der Waals surface area (Å²) in [5, 5.41) is 3.95. The Bertz CT molecular complexity index is 186. The van der Waals surface area contributed by atoms with Crippen LogP contribution in [-0.4, -0.2) is 16.6 Å². The average molecular weight is 124 g/mol. The molecule has 9 heavy (non-hydrogen) atoms. The van der Waals surface area contributed by atoms with Crippen molar-refractivity contribution in [2.75, 3.05) is 6.61 Å². The van der Waals surface area contributed by atoms with Gasteiger partial charge in [-0.1, -0.05) is 0 Å². The Kier molecular flexibility index (Phi) is 0.946. The maximum absolute atomic E-state index is 5.17. The topological polar surface area (TPSA) is 27.1 Å². The Morgan fingerprint density at radius 2 is 2.67 bits per heavy atom. The van der Waals surface area contributed by atoms with Crippen LogP contribution in [0.5, 0.6) is 0 Å². The number of aryl methyl sites for hydroxylation is 1. The highest BCUT2D eigenvalue weighted by Crippen LogP contribution is 2.04. The fourth-order valence-electron chi connectivity index (χ4n) is 1.02. The SMILES string of the molecule is c1cc2n(n1)OCCC2. The van der Waals surface area contributed by atoms with Crippen LogP contribution < -0.4 is 4.84 Å². The van der Waals surface area contributed by atoms with E-state index >= 15 is 0 Å². The van der Waals surface area contributed by atoms with Crippen molar-refractivity contribution in [3.05, 3.63) is 18.0 Å². The van der Waals surface area contributed by atoms with Crippen LogP contribution in [0.3, 0.4) is 0 Å². The molecule has 0 aliphatic carbocycles. The van der Waals surface area contributed by atoms with E-state index in [0.29, 0.717) is 0 Å². The second kappa shape index (κ2) is 1.76. The first-order chi connectivity index (χ1) is 4.47. The summed E-state index contributed by atoms with van der Waals surface area (Å²) in [6, 6.07) is 1.99. The highest BCUT2D eigenvalue weighted by molar-refractivity contribution is 5.00. The van der Waals surface area contributed by atoms with Crippen molar-refractivity contribution in [1.29, 1.82) is 0 Å². The minimum absolute atomic E-state index is 0.800. The lowest BCUT2D eigenvalue weighted by Crippen LogP contribution is -2.22. The summed E-state index contributed by atoms with van der Waals surface area (Å²) >= 11 is 0. The lowest BCUT2D eigenvalue weighted by Gasteiger charge is -2.12. The van der Waals surface area contributed by atoms with E-state index in [9.17, 15) is 0 Å². The minimum atomic E-state index is 0.800. The van der Waals surface area contributed by atoms with Gasteiger partial charge in [-0.25, -0.2) is 0 Å². The van der Waals surface area contributed by atoms with E-state index < -0.39 is 0 Å². The molecule has 0 saturated heterocycles.